The van der Waals surface area contributed by atoms with Crippen LogP contribution in [0.15, 0.2) is 24.3 Å². The zero-order chi connectivity index (χ0) is 16.0. The Bertz CT molecular complexity index is 505. The molecule has 0 aliphatic carbocycles. The van der Waals surface area contributed by atoms with Crippen LogP contribution in [0.2, 0.25) is 0 Å². The van der Waals surface area contributed by atoms with E-state index in [2.05, 4.69) is 5.32 Å². The second-order valence-electron chi connectivity index (χ2n) is 5.36. The SMILES string of the molecule is CC(C)CN(CC(=O)O)C(=O)NC(C)c1ccccc1F. The van der Waals surface area contributed by atoms with Crippen LogP contribution in [0, 0.1) is 11.7 Å². The van der Waals surface area contributed by atoms with Gasteiger partial charge in [-0.25, -0.2) is 9.18 Å². The molecular weight excluding hydrogens is 275 g/mol. The number of carbonyl (C=O) groups is 2. The third kappa shape index (κ3) is 5.41. The predicted octanol–water partition coefficient (Wildman–Crippen LogP) is 2.64. The second kappa shape index (κ2) is 7.61. The lowest BCUT2D eigenvalue weighted by Crippen LogP contribution is -2.45. The van der Waals surface area contributed by atoms with Crippen molar-refractivity contribution in [2.75, 3.05) is 13.1 Å². The molecule has 0 aliphatic heterocycles. The Kier molecular flexibility index (Phi) is 6.14. The molecule has 116 valence electrons. The highest BCUT2D eigenvalue weighted by Gasteiger charge is 2.20. The monoisotopic (exact) mass is 296 g/mol. The van der Waals surface area contributed by atoms with Crippen molar-refractivity contribution < 1.29 is 19.1 Å². The molecule has 1 atom stereocenters. The van der Waals surface area contributed by atoms with E-state index in [0.29, 0.717) is 12.1 Å². The van der Waals surface area contributed by atoms with E-state index < -0.39 is 23.9 Å². The summed E-state index contributed by atoms with van der Waals surface area (Å²) in [7, 11) is 0. The van der Waals surface area contributed by atoms with Gasteiger partial charge in [0.1, 0.15) is 12.4 Å². The Morgan fingerprint density at radius 1 is 1.29 bits per heavy atom. The first-order chi connectivity index (χ1) is 9.81. The van der Waals surface area contributed by atoms with Gasteiger partial charge in [0.25, 0.3) is 0 Å². The number of carboxylic acid groups (broad SMARTS) is 1. The van der Waals surface area contributed by atoms with Gasteiger partial charge < -0.3 is 15.3 Å². The largest absolute Gasteiger partial charge is 0.480 e. The van der Waals surface area contributed by atoms with Gasteiger partial charge in [-0.05, 0) is 18.9 Å². The summed E-state index contributed by atoms with van der Waals surface area (Å²) < 4.78 is 13.7. The fourth-order valence-corrected chi connectivity index (χ4v) is 2.00. The summed E-state index contributed by atoms with van der Waals surface area (Å²) in [6.07, 6.45) is 0. The molecule has 0 aromatic heterocycles. The van der Waals surface area contributed by atoms with E-state index in [-0.39, 0.29) is 12.5 Å². The van der Waals surface area contributed by atoms with Gasteiger partial charge in [0.05, 0.1) is 6.04 Å². The predicted molar refractivity (Wildman–Crippen MR) is 77.4 cm³/mol. The number of nitrogens with one attached hydrogen (secondary N) is 1. The average Bonchev–Trinajstić information content (AvgIpc) is 2.37. The van der Waals surface area contributed by atoms with Crippen LogP contribution < -0.4 is 5.32 Å². The molecule has 0 saturated heterocycles. The van der Waals surface area contributed by atoms with Crippen LogP contribution in [0.3, 0.4) is 0 Å². The summed E-state index contributed by atoms with van der Waals surface area (Å²) in [5, 5.41) is 11.5. The van der Waals surface area contributed by atoms with Crippen molar-refractivity contribution in [1.82, 2.24) is 10.2 Å². The minimum Gasteiger partial charge on any atom is -0.480 e. The first-order valence-corrected chi connectivity index (χ1v) is 6.83. The van der Waals surface area contributed by atoms with Gasteiger partial charge in [0.15, 0.2) is 0 Å². The molecule has 6 heteroatoms. The maximum atomic E-state index is 13.7. The summed E-state index contributed by atoms with van der Waals surface area (Å²) in [6, 6.07) is 5.11. The molecular formula is C15H21FN2O3. The normalized spacial score (nSPS) is 12.0. The smallest absolute Gasteiger partial charge is 0.323 e. The lowest BCUT2D eigenvalue weighted by atomic mass is 10.1. The molecule has 0 spiro atoms. The molecule has 2 amide bonds. The van der Waals surface area contributed by atoms with E-state index in [1.165, 1.54) is 11.0 Å². The highest BCUT2D eigenvalue weighted by atomic mass is 19.1. The molecule has 1 unspecified atom stereocenters. The van der Waals surface area contributed by atoms with Crippen molar-refractivity contribution in [2.24, 2.45) is 5.92 Å². The molecule has 21 heavy (non-hydrogen) atoms. The van der Waals surface area contributed by atoms with E-state index in [0.717, 1.165) is 0 Å². The lowest BCUT2D eigenvalue weighted by molar-refractivity contribution is -0.137. The number of benzene rings is 1. The molecule has 2 N–H and O–H groups in total. The van der Waals surface area contributed by atoms with Crippen molar-refractivity contribution in [3.63, 3.8) is 0 Å². The van der Waals surface area contributed by atoms with Crippen LogP contribution in [0.1, 0.15) is 32.4 Å². The van der Waals surface area contributed by atoms with Crippen LogP contribution in [-0.4, -0.2) is 35.1 Å². The average molecular weight is 296 g/mol. The third-order valence-electron chi connectivity index (χ3n) is 2.91. The van der Waals surface area contributed by atoms with Crippen molar-refractivity contribution in [3.8, 4) is 0 Å². The molecule has 1 aromatic rings. The summed E-state index contributed by atoms with van der Waals surface area (Å²) in [5.74, 6) is -1.35. The van der Waals surface area contributed by atoms with Crippen molar-refractivity contribution >= 4 is 12.0 Å². The second-order valence-corrected chi connectivity index (χ2v) is 5.36. The van der Waals surface area contributed by atoms with Gasteiger partial charge in [-0.3, -0.25) is 4.79 Å². The number of hydrogen-bond donors (Lipinski definition) is 2. The molecule has 0 heterocycles. The number of carbonyl (C=O) groups excluding carboxylic acids is 1. The third-order valence-corrected chi connectivity index (χ3v) is 2.91. The number of hydrogen-bond acceptors (Lipinski definition) is 2. The van der Waals surface area contributed by atoms with E-state index in [4.69, 9.17) is 5.11 Å². The van der Waals surface area contributed by atoms with Gasteiger partial charge in [0, 0.05) is 12.1 Å². The van der Waals surface area contributed by atoms with Crippen LogP contribution in [0.5, 0.6) is 0 Å². The van der Waals surface area contributed by atoms with E-state index in [9.17, 15) is 14.0 Å². The topological polar surface area (TPSA) is 69.6 Å². The number of aliphatic carboxylic acids is 1. The molecule has 0 saturated carbocycles. The van der Waals surface area contributed by atoms with Crippen molar-refractivity contribution in [1.29, 1.82) is 0 Å². The fourth-order valence-electron chi connectivity index (χ4n) is 2.00. The highest BCUT2D eigenvalue weighted by Crippen LogP contribution is 2.16. The standard InChI is InChI=1S/C15H21FN2O3/c1-10(2)8-18(9-14(19)20)15(21)17-11(3)12-6-4-5-7-13(12)16/h4-7,10-11H,8-9H2,1-3H3,(H,17,21)(H,19,20). The summed E-state index contributed by atoms with van der Waals surface area (Å²) >= 11 is 0. The fraction of sp³-hybridized carbons (Fsp3) is 0.467. The lowest BCUT2D eigenvalue weighted by Gasteiger charge is -2.25. The van der Waals surface area contributed by atoms with Crippen molar-refractivity contribution in [2.45, 2.75) is 26.8 Å². The van der Waals surface area contributed by atoms with Crippen molar-refractivity contribution in [3.05, 3.63) is 35.6 Å². The summed E-state index contributed by atoms with van der Waals surface area (Å²) in [4.78, 5) is 24.2. The molecule has 0 aliphatic rings. The summed E-state index contributed by atoms with van der Waals surface area (Å²) in [5.41, 5.74) is 0.366. The molecule has 5 nitrogen and oxygen atoms in total. The van der Waals surface area contributed by atoms with Gasteiger partial charge in [-0.2, -0.15) is 0 Å². The minimum atomic E-state index is -1.08. The number of urea groups is 1. The first kappa shape index (κ1) is 16.9. The number of amides is 2. The van der Waals surface area contributed by atoms with Crippen LogP contribution in [0.25, 0.3) is 0 Å². The van der Waals surface area contributed by atoms with E-state index in [1.807, 2.05) is 13.8 Å². The number of carboxylic acids is 1. The Morgan fingerprint density at radius 3 is 2.43 bits per heavy atom. The number of rotatable bonds is 6. The van der Waals surface area contributed by atoms with Gasteiger partial charge in [-0.15, -0.1) is 0 Å². The van der Waals surface area contributed by atoms with Crippen LogP contribution in [-0.2, 0) is 4.79 Å². The first-order valence-electron chi connectivity index (χ1n) is 6.83. The van der Waals surface area contributed by atoms with Crippen LogP contribution >= 0.6 is 0 Å². The maximum Gasteiger partial charge on any atom is 0.323 e. The van der Waals surface area contributed by atoms with E-state index in [1.54, 1.807) is 25.1 Å². The Morgan fingerprint density at radius 2 is 1.90 bits per heavy atom. The maximum absolute atomic E-state index is 13.7. The quantitative estimate of drug-likeness (QED) is 0.848. The molecule has 0 bridgehead atoms. The number of halogens is 1. The van der Waals surface area contributed by atoms with Crippen LogP contribution in [0.4, 0.5) is 9.18 Å². The Labute approximate surface area is 123 Å². The molecule has 0 fully saturated rings. The Balaban J connectivity index is 2.76. The zero-order valence-electron chi connectivity index (χ0n) is 12.5. The molecule has 1 rings (SSSR count). The summed E-state index contributed by atoms with van der Waals surface area (Å²) in [6.45, 7) is 5.38. The van der Waals surface area contributed by atoms with Gasteiger partial charge >= 0.3 is 12.0 Å². The molecule has 0 radical (unpaired) electrons. The number of nitrogens with zero attached hydrogens (tertiary/aromatic N) is 1. The minimum absolute atomic E-state index is 0.138. The highest BCUT2D eigenvalue weighted by molar-refractivity contribution is 5.80. The van der Waals surface area contributed by atoms with E-state index >= 15 is 0 Å². The Hall–Kier alpha value is -2.11. The van der Waals surface area contributed by atoms with Gasteiger partial charge in [-0.1, -0.05) is 32.0 Å². The van der Waals surface area contributed by atoms with Gasteiger partial charge in [0.2, 0.25) is 0 Å². The zero-order valence-corrected chi connectivity index (χ0v) is 12.5. The molecule has 1 aromatic carbocycles.